The zero-order chi connectivity index (χ0) is 17.5. The molecule has 9 heteroatoms. The molecule has 0 atom stereocenters. The van der Waals surface area contributed by atoms with Gasteiger partial charge >= 0.3 is 0 Å². The molecule has 24 heavy (non-hydrogen) atoms. The Labute approximate surface area is 142 Å². The Kier molecular flexibility index (Phi) is 4.24. The van der Waals surface area contributed by atoms with Crippen molar-refractivity contribution in [3.8, 4) is 0 Å². The monoisotopic (exact) mass is 368 g/mol. The van der Waals surface area contributed by atoms with Crippen LogP contribution in [0.2, 0.25) is 0 Å². The van der Waals surface area contributed by atoms with Gasteiger partial charge in [0.25, 0.3) is 11.8 Å². The number of halogens is 1. The van der Waals surface area contributed by atoms with E-state index in [1.165, 1.54) is 18.2 Å². The van der Waals surface area contributed by atoms with Crippen LogP contribution in [0, 0.1) is 12.7 Å². The van der Waals surface area contributed by atoms with E-state index >= 15 is 0 Å². The average molecular weight is 368 g/mol. The predicted molar refractivity (Wildman–Crippen MR) is 86.0 cm³/mol. The van der Waals surface area contributed by atoms with Crippen LogP contribution < -0.4 is 4.72 Å². The lowest BCUT2D eigenvalue weighted by molar-refractivity contribution is 0.0656. The van der Waals surface area contributed by atoms with Crippen molar-refractivity contribution in [2.75, 3.05) is 13.1 Å². The molecule has 2 amide bonds. The SMILES string of the molecule is Cc1ccc(S(=O)(=O)NCCN2C(=O)c3cccc(F)c3C2=O)s1. The van der Waals surface area contributed by atoms with Gasteiger partial charge in [0.05, 0.1) is 11.1 Å². The van der Waals surface area contributed by atoms with E-state index in [9.17, 15) is 22.4 Å². The van der Waals surface area contributed by atoms with E-state index in [1.807, 2.05) is 0 Å². The molecule has 0 aliphatic carbocycles. The molecule has 3 rings (SSSR count). The number of hydrogen-bond acceptors (Lipinski definition) is 5. The van der Waals surface area contributed by atoms with Crippen molar-refractivity contribution in [1.29, 1.82) is 0 Å². The number of hydrogen-bond donors (Lipinski definition) is 1. The molecule has 0 saturated carbocycles. The van der Waals surface area contributed by atoms with Crippen LogP contribution in [0.5, 0.6) is 0 Å². The topological polar surface area (TPSA) is 83.6 Å². The quantitative estimate of drug-likeness (QED) is 0.816. The first-order chi connectivity index (χ1) is 11.3. The first-order valence-corrected chi connectivity index (χ1v) is 9.32. The number of benzene rings is 1. The third-order valence-corrected chi connectivity index (χ3v) is 6.51. The minimum absolute atomic E-state index is 0.00302. The van der Waals surface area contributed by atoms with E-state index in [0.717, 1.165) is 27.2 Å². The lowest BCUT2D eigenvalue weighted by atomic mass is 10.1. The number of sulfonamides is 1. The summed E-state index contributed by atoms with van der Waals surface area (Å²) in [5.41, 5.74) is -0.268. The van der Waals surface area contributed by atoms with Crippen LogP contribution >= 0.6 is 11.3 Å². The summed E-state index contributed by atoms with van der Waals surface area (Å²) in [6, 6.07) is 7.00. The van der Waals surface area contributed by atoms with Gasteiger partial charge in [-0.15, -0.1) is 11.3 Å². The maximum atomic E-state index is 13.7. The standard InChI is InChI=1S/C15H13FN2O4S2/c1-9-5-6-12(23-9)24(21,22)17-7-8-18-14(19)10-3-2-4-11(16)13(10)15(18)20/h2-6,17H,7-8H2,1H3. The fourth-order valence-electron chi connectivity index (χ4n) is 2.41. The second kappa shape index (κ2) is 6.08. The molecule has 1 aromatic carbocycles. The van der Waals surface area contributed by atoms with Crippen molar-refractivity contribution >= 4 is 33.2 Å². The van der Waals surface area contributed by atoms with Crippen LogP contribution in [0.25, 0.3) is 0 Å². The number of fused-ring (bicyclic) bond motifs is 1. The van der Waals surface area contributed by atoms with Crippen molar-refractivity contribution < 1.29 is 22.4 Å². The van der Waals surface area contributed by atoms with Crippen LogP contribution in [0.3, 0.4) is 0 Å². The number of rotatable bonds is 5. The molecular weight excluding hydrogens is 355 g/mol. The molecule has 1 aliphatic heterocycles. The Bertz CT molecular complexity index is 937. The highest BCUT2D eigenvalue weighted by Crippen LogP contribution is 2.25. The molecule has 1 aromatic heterocycles. The summed E-state index contributed by atoms with van der Waals surface area (Å²) >= 11 is 1.12. The van der Waals surface area contributed by atoms with Gasteiger partial charge in [-0.05, 0) is 31.2 Å². The van der Waals surface area contributed by atoms with E-state index in [0.29, 0.717) is 0 Å². The molecule has 2 heterocycles. The highest BCUT2D eigenvalue weighted by molar-refractivity contribution is 7.91. The molecule has 1 aliphatic rings. The van der Waals surface area contributed by atoms with E-state index in [4.69, 9.17) is 0 Å². The Morgan fingerprint density at radius 3 is 2.54 bits per heavy atom. The van der Waals surface area contributed by atoms with Crippen LogP contribution in [0.15, 0.2) is 34.5 Å². The van der Waals surface area contributed by atoms with Gasteiger partial charge in [-0.1, -0.05) is 6.07 Å². The van der Waals surface area contributed by atoms with E-state index in [2.05, 4.69) is 4.72 Å². The van der Waals surface area contributed by atoms with Crippen LogP contribution in [0.1, 0.15) is 25.6 Å². The van der Waals surface area contributed by atoms with Gasteiger partial charge in [0.1, 0.15) is 10.0 Å². The summed E-state index contributed by atoms with van der Waals surface area (Å²) < 4.78 is 40.4. The van der Waals surface area contributed by atoms with Gasteiger partial charge in [-0.2, -0.15) is 0 Å². The summed E-state index contributed by atoms with van der Waals surface area (Å²) in [6.45, 7) is 1.47. The molecule has 0 radical (unpaired) electrons. The smallest absolute Gasteiger partial charge is 0.264 e. The normalized spacial score (nSPS) is 14.3. The second-order valence-corrected chi connectivity index (χ2v) is 8.47. The van der Waals surface area contributed by atoms with Crippen molar-refractivity contribution in [3.05, 3.63) is 52.2 Å². The zero-order valence-corrected chi connectivity index (χ0v) is 14.2. The van der Waals surface area contributed by atoms with Gasteiger partial charge < -0.3 is 0 Å². The average Bonchev–Trinajstić information content (AvgIpc) is 3.06. The Hall–Kier alpha value is -2.10. The number of imide groups is 1. The third-order valence-electron chi connectivity index (χ3n) is 3.56. The van der Waals surface area contributed by atoms with Gasteiger partial charge in [0, 0.05) is 18.0 Å². The number of nitrogens with one attached hydrogen (secondary N) is 1. The number of aryl methyl sites for hydroxylation is 1. The molecule has 0 saturated heterocycles. The van der Waals surface area contributed by atoms with Crippen LogP contribution in [-0.4, -0.2) is 38.2 Å². The third kappa shape index (κ3) is 2.85. The molecule has 2 aromatic rings. The van der Waals surface area contributed by atoms with E-state index in [-0.39, 0.29) is 28.4 Å². The van der Waals surface area contributed by atoms with Gasteiger partial charge in [0.15, 0.2) is 0 Å². The lowest BCUT2D eigenvalue weighted by Gasteiger charge is -2.14. The highest BCUT2D eigenvalue weighted by Gasteiger charge is 2.37. The molecular formula is C15H13FN2O4S2. The predicted octanol–water partition coefficient (Wildman–Crippen LogP) is 1.77. The molecule has 0 bridgehead atoms. The van der Waals surface area contributed by atoms with E-state index in [1.54, 1.807) is 13.0 Å². The maximum absolute atomic E-state index is 13.7. The molecule has 126 valence electrons. The Morgan fingerprint density at radius 1 is 1.17 bits per heavy atom. The van der Waals surface area contributed by atoms with Crippen molar-refractivity contribution in [2.45, 2.75) is 11.1 Å². The number of amides is 2. The van der Waals surface area contributed by atoms with Crippen molar-refractivity contribution in [1.82, 2.24) is 9.62 Å². The summed E-state index contributed by atoms with van der Waals surface area (Å²) in [4.78, 5) is 26.0. The second-order valence-electron chi connectivity index (χ2n) is 5.19. The summed E-state index contributed by atoms with van der Waals surface area (Å²) in [5.74, 6) is -2.14. The first-order valence-electron chi connectivity index (χ1n) is 7.02. The van der Waals surface area contributed by atoms with E-state index < -0.39 is 27.7 Å². The minimum atomic E-state index is -3.70. The highest BCUT2D eigenvalue weighted by atomic mass is 32.2. The largest absolute Gasteiger partial charge is 0.273 e. The number of thiophene rings is 1. The number of carbonyl (C=O) groups excluding carboxylic acids is 2. The molecule has 0 spiro atoms. The summed E-state index contributed by atoms with van der Waals surface area (Å²) in [6.07, 6.45) is 0. The maximum Gasteiger partial charge on any atom is 0.264 e. The van der Waals surface area contributed by atoms with Gasteiger partial charge in [-0.25, -0.2) is 17.5 Å². The van der Waals surface area contributed by atoms with Crippen molar-refractivity contribution in [2.24, 2.45) is 0 Å². The fourth-order valence-corrected chi connectivity index (χ4v) is 4.76. The van der Waals surface area contributed by atoms with Crippen molar-refractivity contribution in [3.63, 3.8) is 0 Å². The minimum Gasteiger partial charge on any atom is -0.273 e. The lowest BCUT2D eigenvalue weighted by Crippen LogP contribution is -2.38. The van der Waals surface area contributed by atoms with Gasteiger partial charge in [-0.3, -0.25) is 14.5 Å². The molecule has 6 nitrogen and oxygen atoms in total. The van der Waals surface area contributed by atoms with Crippen LogP contribution in [0.4, 0.5) is 4.39 Å². The fraction of sp³-hybridized carbons (Fsp3) is 0.200. The number of carbonyl (C=O) groups is 2. The molecule has 1 N–H and O–H groups in total. The summed E-state index contributed by atoms with van der Waals surface area (Å²) in [7, 11) is -3.70. The first kappa shape index (κ1) is 16.7. The Balaban J connectivity index is 1.69. The van der Waals surface area contributed by atoms with Gasteiger partial charge in [0.2, 0.25) is 10.0 Å². The molecule has 0 fully saturated rings. The zero-order valence-electron chi connectivity index (χ0n) is 12.6. The van der Waals surface area contributed by atoms with Crippen LogP contribution in [-0.2, 0) is 10.0 Å². The Morgan fingerprint density at radius 2 is 1.92 bits per heavy atom. The molecule has 0 unspecified atom stereocenters. The number of nitrogens with zero attached hydrogens (tertiary/aromatic N) is 1. The summed E-state index contributed by atoms with van der Waals surface area (Å²) in [5, 5.41) is 0.